The Kier molecular flexibility index (Phi) is 5.68. The monoisotopic (exact) mass is 322 g/mol. The molecule has 2 rings (SSSR count). The smallest absolute Gasteiger partial charge is 0.227 e. The average Bonchev–Trinajstić information content (AvgIpc) is 3.21. The zero-order valence-corrected chi connectivity index (χ0v) is 13.8. The molecule has 120 valence electrons. The summed E-state index contributed by atoms with van der Waals surface area (Å²) in [5, 5.41) is 10.9. The van der Waals surface area contributed by atoms with E-state index in [0.717, 1.165) is 18.4 Å². The van der Waals surface area contributed by atoms with E-state index in [-0.39, 0.29) is 11.4 Å². The lowest BCUT2D eigenvalue weighted by atomic mass is 9.92. The van der Waals surface area contributed by atoms with Gasteiger partial charge in [0.05, 0.1) is 5.54 Å². The summed E-state index contributed by atoms with van der Waals surface area (Å²) in [6.07, 6.45) is 2.37. The first kappa shape index (κ1) is 16.6. The summed E-state index contributed by atoms with van der Waals surface area (Å²) in [6.45, 7) is 4.50. The molecule has 2 aromatic heterocycles. The highest BCUT2D eigenvalue weighted by molar-refractivity contribution is 7.08. The second kappa shape index (κ2) is 7.51. The van der Waals surface area contributed by atoms with E-state index in [1.165, 1.54) is 0 Å². The first-order valence-electron chi connectivity index (χ1n) is 7.48. The minimum Gasteiger partial charge on any atom is -0.349 e. The van der Waals surface area contributed by atoms with Crippen molar-refractivity contribution in [1.29, 1.82) is 0 Å². The number of aryl methyl sites for hydroxylation is 1. The van der Waals surface area contributed by atoms with Gasteiger partial charge in [0, 0.05) is 30.3 Å². The van der Waals surface area contributed by atoms with Gasteiger partial charge in [-0.25, -0.2) is 0 Å². The maximum atomic E-state index is 12.1. The van der Waals surface area contributed by atoms with Crippen molar-refractivity contribution in [1.82, 2.24) is 15.5 Å². The van der Waals surface area contributed by atoms with Crippen LogP contribution in [0.2, 0.25) is 0 Å². The minimum atomic E-state index is -0.312. The highest BCUT2D eigenvalue weighted by atomic mass is 32.1. The molecule has 0 radical (unpaired) electrons. The number of nitrogens with zero attached hydrogens (tertiary/aromatic N) is 2. The van der Waals surface area contributed by atoms with Crippen LogP contribution in [0.15, 0.2) is 21.3 Å². The number of thiophene rings is 1. The summed E-state index contributed by atoms with van der Waals surface area (Å²) >= 11 is 1.58. The van der Waals surface area contributed by atoms with E-state index in [1.54, 1.807) is 11.3 Å². The number of hydrogen-bond donors (Lipinski definition) is 2. The number of carbonyl (C=O) groups excluding carboxylic acids is 1. The molecule has 7 heteroatoms. The van der Waals surface area contributed by atoms with E-state index in [9.17, 15) is 4.79 Å². The molecule has 0 saturated carbocycles. The largest absolute Gasteiger partial charge is 0.349 e. The van der Waals surface area contributed by atoms with Crippen LogP contribution in [0.25, 0.3) is 11.4 Å². The van der Waals surface area contributed by atoms with Gasteiger partial charge >= 0.3 is 0 Å². The van der Waals surface area contributed by atoms with E-state index >= 15 is 0 Å². The first-order chi connectivity index (χ1) is 10.6. The third kappa shape index (κ3) is 3.92. The molecule has 22 heavy (non-hydrogen) atoms. The van der Waals surface area contributed by atoms with Crippen LogP contribution in [0.5, 0.6) is 0 Å². The predicted octanol–water partition coefficient (Wildman–Crippen LogP) is 2.36. The highest BCUT2D eigenvalue weighted by Gasteiger charge is 2.26. The number of rotatable bonds is 8. The van der Waals surface area contributed by atoms with Gasteiger partial charge in [-0.2, -0.15) is 16.3 Å². The van der Waals surface area contributed by atoms with Gasteiger partial charge in [-0.1, -0.05) is 19.0 Å². The van der Waals surface area contributed by atoms with Crippen LogP contribution < -0.4 is 11.1 Å². The Hall–Kier alpha value is -1.73. The molecule has 0 aliphatic carbocycles. The Bertz CT molecular complexity index is 582. The molecule has 0 aliphatic rings. The fraction of sp³-hybridized carbons (Fsp3) is 0.533. The molecule has 3 N–H and O–H groups in total. The number of carbonyl (C=O) groups is 1. The minimum absolute atomic E-state index is 0.0376. The Morgan fingerprint density at radius 1 is 1.45 bits per heavy atom. The van der Waals surface area contributed by atoms with Crippen LogP contribution >= 0.6 is 11.3 Å². The van der Waals surface area contributed by atoms with E-state index in [4.69, 9.17) is 10.3 Å². The normalized spacial score (nSPS) is 11.6. The third-order valence-corrected chi connectivity index (χ3v) is 4.65. The molecular formula is C15H22N4O2S. The van der Waals surface area contributed by atoms with Crippen LogP contribution in [-0.4, -0.2) is 28.1 Å². The molecule has 0 saturated heterocycles. The molecule has 2 aromatic rings. The third-order valence-electron chi connectivity index (χ3n) is 3.96. The highest BCUT2D eigenvalue weighted by Crippen LogP contribution is 2.19. The van der Waals surface area contributed by atoms with Crippen molar-refractivity contribution in [3.05, 3.63) is 22.7 Å². The number of aromatic nitrogens is 2. The number of hydrogen-bond acceptors (Lipinski definition) is 6. The molecule has 1 amide bonds. The van der Waals surface area contributed by atoms with Gasteiger partial charge in [0.1, 0.15) is 0 Å². The second-order valence-corrected chi connectivity index (χ2v) is 6.04. The molecule has 0 atom stereocenters. The number of nitrogens with one attached hydrogen (secondary N) is 1. The van der Waals surface area contributed by atoms with Crippen molar-refractivity contribution in [3.63, 3.8) is 0 Å². The lowest BCUT2D eigenvalue weighted by Crippen LogP contribution is -2.52. The molecule has 6 nitrogen and oxygen atoms in total. The van der Waals surface area contributed by atoms with E-state index in [0.29, 0.717) is 31.1 Å². The fourth-order valence-corrected chi connectivity index (χ4v) is 2.84. The Morgan fingerprint density at radius 2 is 2.23 bits per heavy atom. The topological polar surface area (TPSA) is 94.0 Å². The standard InChI is InChI=1S/C15H22N4O2S/c1-3-15(4-2,10-16)18-12(20)5-6-13-17-14(19-21-13)11-7-8-22-9-11/h7-9H,3-6,10,16H2,1-2H3,(H,18,20). The van der Waals surface area contributed by atoms with Gasteiger partial charge in [-0.3, -0.25) is 4.79 Å². The molecule has 2 heterocycles. The molecule has 0 spiro atoms. The zero-order chi connectivity index (χ0) is 16.0. The van der Waals surface area contributed by atoms with Gasteiger partial charge in [-0.05, 0) is 24.3 Å². The maximum Gasteiger partial charge on any atom is 0.227 e. The van der Waals surface area contributed by atoms with Gasteiger partial charge in [0.2, 0.25) is 17.6 Å². The second-order valence-electron chi connectivity index (χ2n) is 5.26. The summed E-state index contributed by atoms with van der Waals surface area (Å²) in [4.78, 5) is 16.4. The van der Waals surface area contributed by atoms with Crippen molar-refractivity contribution < 1.29 is 9.32 Å². The molecule has 0 unspecified atom stereocenters. The Balaban J connectivity index is 1.89. The summed E-state index contributed by atoms with van der Waals surface area (Å²) in [6, 6.07) is 1.93. The molecular weight excluding hydrogens is 300 g/mol. The van der Waals surface area contributed by atoms with Gasteiger partial charge in [0.15, 0.2) is 0 Å². The first-order valence-corrected chi connectivity index (χ1v) is 8.43. The number of amides is 1. The van der Waals surface area contributed by atoms with Crippen molar-refractivity contribution >= 4 is 17.2 Å². The van der Waals surface area contributed by atoms with Crippen LogP contribution in [0, 0.1) is 0 Å². The van der Waals surface area contributed by atoms with Gasteiger partial charge < -0.3 is 15.6 Å². The van der Waals surface area contributed by atoms with E-state index < -0.39 is 0 Å². The Morgan fingerprint density at radius 3 is 2.82 bits per heavy atom. The van der Waals surface area contributed by atoms with Gasteiger partial charge in [-0.15, -0.1) is 0 Å². The maximum absolute atomic E-state index is 12.1. The van der Waals surface area contributed by atoms with Crippen LogP contribution in [-0.2, 0) is 11.2 Å². The van der Waals surface area contributed by atoms with Crippen LogP contribution in [0.3, 0.4) is 0 Å². The van der Waals surface area contributed by atoms with E-state index in [2.05, 4.69) is 15.5 Å². The van der Waals surface area contributed by atoms with Gasteiger partial charge in [0.25, 0.3) is 0 Å². The van der Waals surface area contributed by atoms with Crippen molar-refractivity contribution in [2.45, 2.75) is 45.1 Å². The predicted molar refractivity (Wildman–Crippen MR) is 86.4 cm³/mol. The van der Waals surface area contributed by atoms with Crippen molar-refractivity contribution in [3.8, 4) is 11.4 Å². The zero-order valence-electron chi connectivity index (χ0n) is 13.0. The summed E-state index contributed by atoms with van der Waals surface area (Å²) in [5.74, 6) is 1.00. The summed E-state index contributed by atoms with van der Waals surface area (Å²) in [7, 11) is 0. The summed E-state index contributed by atoms with van der Waals surface area (Å²) < 4.78 is 5.19. The lowest BCUT2D eigenvalue weighted by Gasteiger charge is -2.31. The molecule has 0 aromatic carbocycles. The SMILES string of the molecule is CCC(CC)(CN)NC(=O)CCc1nc(-c2ccsc2)no1. The Labute approximate surface area is 134 Å². The number of nitrogens with two attached hydrogens (primary N) is 1. The van der Waals surface area contributed by atoms with Crippen molar-refractivity contribution in [2.75, 3.05) is 6.54 Å². The quantitative estimate of drug-likeness (QED) is 0.778. The molecule has 0 aliphatic heterocycles. The van der Waals surface area contributed by atoms with Crippen LogP contribution in [0.4, 0.5) is 0 Å². The van der Waals surface area contributed by atoms with Crippen LogP contribution in [0.1, 0.15) is 39.0 Å². The lowest BCUT2D eigenvalue weighted by molar-refractivity contribution is -0.123. The summed E-state index contributed by atoms with van der Waals surface area (Å²) in [5.41, 5.74) is 6.41. The van der Waals surface area contributed by atoms with E-state index in [1.807, 2.05) is 30.7 Å². The average molecular weight is 322 g/mol. The molecule has 0 bridgehead atoms. The van der Waals surface area contributed by atoms with Crippen molar-refractivity contribution in [2.24, 2.45) is 5.73 Å². The fourth-order valence-electron chi connectivity index (χ4n) is 2.21. The molecule has 0 fully saturated rings.